The smallest absolute Gasteiger partial charge is 0.191 e. The second-order valence-electron chi connectivity index (χ2n) is 5.63. The molecule has 1 atom stereocenters. The molecule has 0 radical (unpaired) electrons. The van der Waals surface area contributed by atoms with Crippen molar-refractivity contribution in [3.05, 3.63) is 21.3 Å². The Hall–Kier alpha value is -0.0900. The van der Waals surface area contributed by atoms with Gasteiger partial charge < -0.3 is 20.5 Å². The summed E-state index contributed by atoms with van der Waals surface area (Å²) in [6, 6.07) is 3.62. The van der Waals surface area contributed by atoms with Gasteiger partial charge in [-0.05, 0) is 31.4 Å². The van der Waals surface area contributed by atoms with Crippen molar-refractivity contribution in [1.82, 2.24) is 10.6 Å². The minimum absolute atomic E-state index is 0. The Kier molecular flexibility index (Phi) is 14.1. The number of hydrogen-bond donors (Lipinski definition) is 3. The summed E-state index contributed by atoms with van der Waals surface area (Å²) in [5.41, 5.74) is 0. The van der Waals surface area contributed by atoms with Crippen LogP contribution in [-0.4, -0.2) is 43.9 Å². The van der Waals surface area contributed by atoms with Crippen molar-refractivity contribution in [2.75, 3.05) is 32.8 Å². The van der Waals surface area contributed by atoms with Crippen LogP contribution in [0.15, 0.2) is 17.1 Å². The van der Waals surface area contributed by atoms with Crippen LogP contribution in [0.4, 0.5) is 0 Å². The van der Waals surface area contributed by atoms with E-state index in [1.165, 1.54) is 11.3 Å². The third-order valence-electron chi connectivity index (χ3n) is 2.90. The topological polar surface area (TPSA) is 65.9 Å². The van der Waals surface area contributed by atoms with E-state index in [0.717, 1.165) is 37.6 Å². The Labute approximate surface area is 171 Å². The predicted molar refractivity (Wildman–Crippen MR) is 114 cm³/mol. The molecule has 8 heteroatoms. The van der Waals surface area contributed by atoms with Crippen molar-refractivity contribution in [3.63, 3.8) is 0 Å². The Bertz CT molecular complexity index is 472. The van der Waals surface area contributed by atoms with Crippen LogP contribution in [0, 0.1) is 5.92 Å². The van der Waals surface area contributed by atoms with E-state index in [9.17, 15) is 5.11 Å². The van der Waals surface area contributed by atoms with Gasteiger partial charge in [-0.2, -0.15) is 0 Å². The van der Waals surface area contributed by atoms with Crippen molar-refractivity contribution in [2.24, 2.45) is 10.9 Å². The highest BCUT2D eigenvalue weighted by Crippen LogP contribution is 2.26. The van der Waals surface area contributed by atoms with Crippen LogP contribution in [0.5, 0.6) is 0 Å². The molecule has 1 aromatic rings. The van der Waals surface area contributed by atoms with E-state index in [1.807, 2.05) is 13.0 Å². The maximum Gasteiger partial charge on any atom is 0.191 e. The van der Waals surface area contributed by atoms with E-state index in [0.29, 0.717) is 22.8 Å². The molecule has 1 rings (SSSR count). The Balaban J connectivity index is 0.00000529. The third-order valence-corrected chi connectivity index (χ3v) is 4.23. The summed E-state index contributed by atoms with van der Waals surface area (Å²) in [5, 5.41) is 16.5. The SMILES string of the molecule is CCNC(=NCC(O)c1ccc(Cl)s1)NCCCOCC(C)C.I. The van der Waals surface area contributed by atoms with Gasteiger partial charge in [0.2, 0.25) is 0 Å². The molecule has 0 aliphatic heterocycles. The second kappa shape index (κ2) is 14.1. The molecule has 24 heavy (non-hydrogen) atoms. The molecular formula is C16H29ClIN3O2S. The number of aliphatic hydroxyl groups is 1. The summed E-state index contributed by atoms with van der Waals surface area (Å²) in [6.45, 7) is 9.68. The summed E-state index contributed by atoms with van der Waals surface area (Å²) >= 11 is 7.26. The Morgan fingerprint density at radius 1 is 1.38 bits per heavy atom. The number of hydrogen-bond acceptors (Lipinski definition) is 4. The average Bonchev–Trinajstić information content (AvgIpc) is 2.94. The fourth-order valence-electron chi connectivity index (χ4n) is 1.82. The molecule has 140 valence electrons. The zero-order chi connectivity index (χ0) is 17.1. The maximum absolute atomic E-state index is 10.1. The van der Waals surface area contributed by atoms with Crippen molar-refractivity contribution in [2.45, 2.75) is 33.3 Å². The average molecular weight is 490 g/mol. The monoisotopic (exact) mass is 489 g/mol. The van der Waals surface area contributed by atoms with Gasteiger partial charge in [0.05, 0.1) is 10.9 Å². The Morgan fingerprint density at radius 2 is 2.12 bits per heavy atom. The van der Waals surface area contributed by atoms with E-state index in [4.69, 9.17) is 16.3 Å². The lowest BCUT2D eigenvalue weighted by atomic mass is 10.2. The van der Waals surface area contributed by atoms with Crippen LogP contribution >= 0.6 is 46.9 Å². The molecule has 0 aliphatic rings. The van der Waals surface area contributed by atoms with E-state index in [2.05, 4.69) is 29.5 Å². The molecule has 1 heterocycles. The molecule has 0 fully saturated rings. The summed E-state index contributed by atoms with van der Waals surface area (Å²) < 4.78 is 6.22. The number of guanidine groups is 1. The van der Waals surface area contributed by atoms with Crippen LogP contribution in [0.3, 0.4) is 0 Å². The third kappa shape index (κ3) is 10.7. The van der Waals surface area contributed by atoms with Gasteiger partial charge in [0.15, 0.2) is 5.96 Å². The highest BCUT2D eigenvalue weighted by atomic mass is 127. The normalized spacial score (nSPS) is 12.8. The number of aliphatic imine (C=N–C) groups is 1. The van der Waals surface area contributed by atoms with E-state index < -0.39 is 6.10 Å². The van der Waals surface area contributed by atoms with Crippen molar-refractivity contribution >= 4 is 52.9 Å². The van der Waals surface area contributed by atoms with Crippen LogP contribution in [0.2, 0.25) is 4.34 Å². The lowest BCUT2D eigenvalue weighted by Gasteiger charge is -2.13. The molecule has 0 aromatic carbocycles. The molecule has 0 saturated heterocycles. The number of nitrogens with zero attached hydrogens (tertiary/aromatic N) is 1. The van der Waals surface area contributed by atoms with Gasteiger partial charge in [0.1, 0.15) is 6.10 Å². The minimum Gasteiger partial charge on any atom is -0.386 e. The molecule has 0 spiro atoms. The fraction of sp³-hybridized carbons (Fsp3) is 0.688. The van der Waals surface area contributed by atoms with Gasteiger partial charge in [-0.1, -0.05) is 25.4 Å². The van der Waals surface area contributed by atoms with E-state index >= 15 is 0 Å². The molecule has 5 nitrogen and oxygen atoms in total. The van der Waals surface area contributed by atoms with Gasteiger partial charge in [-0.3, -0.25) is 4.99 Å². The lowest BCUT2D eigenvalue weighted by Crippen LogP contribution is -2.38. The van der Waals surface area contributed by atoms with Gasteiger partial charge in [0.25, 0.3) is 0 Å². The summed E-state index contributed by atoms with van der Waals surface area (Å²) in [6.07, 6.45) is 0.289. The van der Waals surface area contributed by atoms with Crippen LogP contribution in [0.1, 0.15) is 38.2 Å². The molecule has 0 bridgehead atoms. The molecule has 0 aliphatic carbocycles. The molecule has 0 saturated carbocycles. The predicted octanol–water partition coefficient (Wildman–Crippen LogP) is 3.67. The molecular weight excluding hydrogens is 461 g/mol. The molecule has 0 amide bonds. The first-order chi connectivity index (χ1) is 11.0. The Morgan fingerprint density at radius 3 is 2.71 bits per heavy atom. The number of ether oxygens (including phenoxy) is 1. The zero-order valence-electron chi connectivity index (χ0n) is 14.5. The molecule has 3 N–H and O–H groups in total. The standard InChI is InChI=1S/C16H28ClN3O2S.HI/c1-4-18-16(19-8-5-9-22-11-12(2)3)20-10-13(21)14-6-7-15(17)23-14;/h6-7,12-13,21H,4-5,8-11H2,1-3H3,(H2,18,19,20);1H. The summed E-state index contributed by atoms with van der Waals surface area (Å²) in [4.78, 5) is 5.24. The van der Waals surface area contributed by atoms with Crippen LogP contribution in [-0.2, 0) is 4.74 Å². The first-order valence-electron chi connectivity index (χ1n) is 8.06. The number of nitrogens with one attached hydrogen (secondary N) is 2. The first kappa shape index (κ1) is 23.9. The van der Waals surface area contributed by atoms with Crippen molar-refractivity contribution in [1.29, 1.82) is 0 Å². The van der Waals surface area contributed by atoms with Gasteiger partial charge in [-0.15, -0.1) is 35.3 Å². The van der Waals surface area contributed by atoms with Gasteiger partial charge in [-0.25, -0.2) is 0 Å². The molecule has 1 aromatic heterocycles. The second-order valence-corrected chi connectivity index (χ2v) is 7.37. The lowest BCUT2D eigenvalue weighted by molar-refractivity contribution is 0.108. The highest BCUT2D eigenvalue weighted by molar-refractivity contribution is 14.0. The number of aliphatic hydroxyl groups excluding tert-OH is 1. The largest absolute Gasteiger partial charge is 0.386 e. The fourth-order valence-corrected chi connectivity index (χ4v) is 2.86. The number of rotatable bonds is 10. The number of halogens is 2. The summed E-state index contributed by atoms with van der Waals surface area (Å²) in [5.74, 6) is 1.27. The number of thiophene rings is 1. The van der Waals surface area contributed by atoms with Crippen LogP contribution in [0.25, 0.3) is 0 Å². The summed E-state index contributed by atoms with van der Waals surface area (Å²) in [7, 11) is 0. The van der Waals surface area contributed by atoms with Crippen molar-refractivity contribution in [3.8, 4) is 0 Å². The zero-order valence-corrected chi connectivity index (χ0v) is 18.5. The van der Waals surface area contributed by atoms with Gasteiger partial charge >= 0.3 is 0 Å². The highest BCUT2D eigenvalue weighted by Gasteiger charge is 2.10. The minimum atomic E-state index is -0.627. The van der Waals surface area contributed by atoms with E-state index in [-0.39, 0.29) is 24.0 Å². The van der Waals surface area contributed by atoms with E-state index in [1.54, 1.807) is 6.07 Å². The quantitative estimate of drug-likeness (QED) is 0.203. The van der Waals surface area contributed by atoms with Crippen molar-refractivity contribution < 1.29 is 9.84 Å². The van der Waals surface area contributed by atoms with Crippen LogP contribution < -0.4 is 10.6 Å². The van der Waals surface area contributed by atoms with Gasteiger partial charge in [0, 0.05) is 31.2 Å². The molecule has 1 unspecified atom stereocenters. The first-order valence-corrected chi connectivity index (χ1v) is 9.25. The maximum atomic E-state index is 10.1.